The molecule has 0 aliphatic rings. The van der Waals surface area contributed by atoms with Crippen molar-refractivity contribution in [2.75, 3.05) is 0 Å². The second kappa shape index (κ2) is 5.03. The number of nitrogens with zero attached hydrogens (tertiary/aromatic N) is 2. The third-order valence-corrected chi connectivity index (χ3v) is 3.27. The highest BCUT2D eigenvalue weighted by Gasteiger charge is 2.06. The van der Waals surface area contributed by atoms with Gasteiger partial charge in [0.05, 0.1) is 0 Å². The van der Waals surface area contributed by atoms with E-state index in [1.54, 1.807) is 0 Å². The van der Waals surface area contributed by atoms with Crippen molar-refractivity contribution in [1.82, 2.24) is 9.97 Å². The van der Waals surface area contributed by atoms with Crippen molar-refractivity contribution in [3.05, 3.63) is 57.1 Å². The van der Waals surface area contributed by atoms with Crippen molar-refractivity contribution in [3.63, 3.8) is 0 Å². The van der Waals surface area contributed by atoms with Crippen LogP contribution in [0, 0.1) is 13.8 Å². The summed E-state index contributed by atoms with van der Waals surface area (Å²) in [6.45, 7) is 3.86. The van der Waals surface area contributed by atoms with E-state index in [0.29, 0.717) is 11.6 Å². The highest BCUT2D eigenvalue weighted by atomic mass is 35.5. The second-order valence-electron chi connectivity index (χ2n) is 3.94. The van der Waals surface area contributed by atoms with Crippen LogP contribution >= 0.6 is 23.2 Å². The van der Waals surface area contributed by atoms with E-state index in [4.69, 9.17) is 23.2 Å². The molecule has 2 rings (SSSR count). The van der Waals surface area contributed by atoms with Gasteiger partial charge in [-0.05, 0) is 31.5 Å². The van der Waals surface area contributed by atoms with Gasteiger partial charge in [0.2, 0.25) is 0 Å². The molecule has 17 heavy (non-hydrogen) atoms. The van der Waals surface area contributed by atoms with Crippen molar-refractivity contribution >= 4 is 23.2 Å². The van der Waals surface area contributed by atoms with Gasteiger partial charge in [-0.15, -0.1) is 0 Å². The quantitative estimate of drug-likeness (QED) is 0.769. The Morgan fingerprint density at radius 3 is 2.24 bits per heavy atom. The first-order valence-corrected chi connectivity index (χ1v) is 6.06. The molecule has 0 unspecified atom stereocenters. The molecule has 0 spiro atoms. The first kappa shape index (κ1) is 12.3. The number of aryl methyl sites for hydroxylation is 1. The van der Waals surface area contributed by atoms with Gasteiger partial charge in [0, 0.05) is 22.7 Å². The van der Waals surface area contributed by atoms with Gasteiger partial charge >= 0.3 is 0 Å². The molecule has 0 fully saturated rings. The van der Waals surface area contributed by atoms with E-state index >= 15 is 0 Å². The van der Waals surface area contributed by atoms with E-state index in [0.717, 1.165) is 27.7 Å². The molecule has 0 atom stereocenters. The molecular weight excluding hydrogens is 255 g/mol. The highest BCUT2D eigenvalue weighted by molar-refractivity contribution is 6.30. The number of benzene rings is 1. The molecule has 1 aromatic heterocycles. The lowest BCUT2D eigenvalue weighted by Gasteiger charge is -2.06. The highest BCUT2D eigenvalue weighted by Crippen LogP contribution is 2.17. The van der Waals surface area contributed by atoms with Crippen LogP contribution in [0.4, 0.5) is 0 Å². The zero-order chi connectivity index (χ0) is 12.4. The topological polar surface area (TPSA) is 25.8 Å². The third kappa shape index (κ3) is 2.96. The molecule has 0 radical (unpaired) electrons. The first-order valence-electron chi connectivity index (χ1n) is 5.30. The number of rotatable bonds is 2. The average Bonchev–Trinajstić information content (AvgIpc) is 2.29. The predicted molar refractivity (Wildman–Crippen MR) is 70.8 cm³/mol. The minimum atomic E-state index is 0.529. The Labute approximate surface area is 111 Å². The van der Waals surface area contributed by atoms with Crippen LogP contribution in [0.1, 0.15) is 22.6 Å². The first-order chi connectivity index (χ1) is 8.06. The Morgan fingerprint density at radius 2 is 1.65 bits per heavy atom. The van der Waals surface area contributed by atoms with Crippen LogP contribution in [0.25, 0.3) is 0 Å². The van der Waals surface area contributed by atoms with Crippen LogP contribution in [0.5, 0.6) is 0 Å². The van der Waals surface area contributed by atoms with Crippen LogP contribution < -0.4 is 0 Å². The summed E-state index contributed by atoms with van der Waals surface area (Å²) in [4.78, 5) is 8.70. The maximum absolute atomic E-state index is 6.04. The van der Waals surface area contributed by atoms with Gasteiger partial charge < -0.3 is 0 Å². The van der Waals surface area contributed by atoms with Gasteiger partial charge in [0.25, 0.3) is 0 Å². The number of aromatic nitrogens is 2. The lowest BCUT2D eigenvalue weighted by Crippen LogP contribution is -2.01. The molecule has 0 amide bonds. The smallest absolute Gasteiger partial charge is 0.135 e. The lowest BCUT2D eigenvalue weighted by atomic mass is 10.1. The Hall–Kier alpha value is -1.12. The van der Waals surface area contributed by atoms with E-state index in [2.05, 4.69) is 9.97 Å². The van der Waals surface area contributed by atoms with Crippen LogP contribution in [0.15, 0.2) is 24.3 Å². The van der Waals surface area contributed by atoms with E-state index in [1.165, 1.54) is 0 Å². The van der Waals surface area contributed by atoms with E-state index in [1.807, 2.05) is 38.1 Å². The summed E-state index contributed by atoms with van der Waals surface area (Å²) in [5, 5.41) is 1.26. The fraction of sp³-hybridized carbons (Fsp3) is 0.231. The van der Waals surface area contributed by atoms with Crippen molar-refractivity contribution in [2.24, 2.45) is 0 Å². The van der Waals surface area contributed by atoms with E-state index in [9.17, 15) is 0 Å². The molecule has 0 saturated heterocycles. The standard InChI is InChI=1S/C13H12Cl2N2/c1-8-9(2)16-12(17-13(8)15)7-10-3-5-11(14)6-4-10/h3-6H,7H2,1-2H3. The monoisotopic (exact) mass is 266 g/mol. The summed E-state index contributed by atoms with van der Waals surface area (Å²) in [6.07, 6.45) is 0.665. The maximum Gasteiger partial charge on any atom is 0.135 e. The molecular formula is C13H12Cl2N2. The van der Waals surface area contributed by atoms with Crippen molar-refractivity contribution in [2.45, 2.75) is 20.3 Å². The summed E-state index contributed by atoms with van der Waals surface area (Å²) in [7, 11) is 0. The predicted octanol–water partition coefficient (Wildman–Crippen LogP) is 3.99. The number of halogens is 2. The van der Waals surface area contributed by atoms with Crippen LogP contribution in [-0.2, 0) is 6.42 Å². The normalized spacial score (nSPS) is 10.6. The van der Waals surface area contributed by atoms with Crippen molar-refractivity contribution in [1.29, 1.82) is 0 Å². The molecule has 0 aliphatic heterocycles. The molecule has 1 aromatic carbocycles. The van der Waals surface area contributed by atoms with Gasteiger partial charge in [-0.2, -0.15) is 0 Å². The summed E-state index contributed by atoms with van der Waals surface area (Å²) >= 11 is 11.9. The van der Waals surface area contributed by atoms with Gasteiger partial charge in [0.1, 0.15) is 11.0 Å². The largest absolute Gasteiger partial charge is 0.238 e. The molecule has 0 N–H and O–H groups in total. The number of hydrogen-bond acceptors (Lipinski definition) is 2. The molecule has 0 saturated carbocycles. The fourth-order valence-electron chi connectivity index (χ4n) is 1.51. The van der Waals surface area contributed by atoms with Crippen LogP contribution in [0.2, 0.25) is 10.2 Å². The molecule has 2 aromatic rings. The zero-order valence-electron chi connectivity index (χ0n) is 9.67. The average molecular weight is 267 g/mol. The van der Waals surface area contributed by atoms with Crippen molar-refractivity contribution < 1.29 is 0 Å². The minimum absolute atomic E-state index is 0.529. The SMILES string of the molecule is Cc1nc(Cc2ccc(Cl)cc2)nc(Cl)c1C. The third-order valence-electron chi connectivity index (χ3n) is 2.65. The summed E-state index contributed by atoms with van der Waals surface area (Å²) in [5.41, 5.74) is 2.98. The molecule has 0 aliphatic carbocycles. The summed E-state index contributed by atoms with van der Waals surface area (Å²) < 4.78 is 0. The number of hydrogen-bond donors (Lipinski definition) is 0. The summed E-state index contributed by atoms with van der Waals surface area (Å²) in [5.74, 6) is 0.737. The van der Waals surface area contributed by atoms with Crippen LogP contribution in [0.3, 0.4) is 0 Å². The Balaban J connectivity index is 2.27. The van der Waals surface area contributed by atoms with Gasteiger partial charge in [-0.25, -0.2) is 9.97 Å². The maximum atomic E-state index is 6.04. The molecule has 2 nitrogen and oxygen atoms in total. The van der Waals surface area contributed by atoms with Gasteiger partial charge in [0.15, 0.2) is 0 Å². The van der Waals surface area contributed by atoms with Gasteiger partial charge in [-0.3, -0.25) is 0 Å². The van der Waals surface area contributed by atoms with Crippen molar-refractivity contribution in [3.8, 4) is 0 Å². The summed E-state index contributed by atoms with van der Waals surface area (Å²) in [6, 6.07) is 7.66. The lowest BCUT2D eigenvalue weighted by molar-refractivity contribution is 0.927. The molecule has 1 heterocycles. The molecule has 4 heteroatoms. The Kier molecular flexibility index (Phi) is 3.65. The van der Waals surface area contributed by atoms with E-state index in [-0.39, 0.29) is 0 Å². The fourth-order valence-corrected chi connectivity index (χ4v) is 1.87. The Morgan fingerprint density at radius 1 is 1.00 bits per heavy atom. The molecule has 88 valence electrons. The van der Waals surface area contributed by atoms with E-state index < -0.39 is 0 Å². The van der Waals surface area contributed by atoms with Crippen LogP contribution in [-0.4, -0.2) is 9.97 Å². The Bertz CT molecular complexity index is 513. The van der Waals surface area contributed by atoms with Gasteiger partial charge in [-0.1, -0.05) is 35.3 Å². The second-order valence-corrected chi connectivity index (χ2v) is 4.74. The minimum Gasteiger partial charge on any atom is -0.238 e. The zero-order valence-corrected chi connectivity index (χ0v) is 11.2. The molecule has 0 bridgehead atoms.